The van der Waals surface area contributed by atoms with Crippen molar-refractivity contribution in [1.29, 1.82) is 0 Å². The summed E-state index contributed by atoms with van der Waals surface area (Å²) in [6.07, 6.45) is 6.52. The predicted octanol–water partition coefficient (Wildman–Crippen LogP) is 1.88. The zero-order chi connectivity index (χ0) is 9.97. The highest BCUT2D eigenvalue weighted by Crippen LogP contribution is 2.30. The fourth-order valence-corrected chi connectivity index (χ4v) is 1.72. The lowest BCUT2D eigenvalue weighted by Gasteiger charge is -2.05. The van der Waals surface area contributed by atoms with Gasteiger partial charge in [-0.1, -0.05) is 0 Å². The molecule has 0 fully saturated rings. The van der Waals surface area contributed by atoms with Crippen molar-refractivity contribution in [3.8, 4) is 11.1 Å². The van der Waals surface area contributed by atoms with Crippen molar-refractivity contribution < 1.29 is 0 Å². The maximum atomic E-state index is 5.76. The van der Waals surface area contributed by atoms with E-state index in [4.69, 9.17) is 5.73 Å². The lowest BCUT2D eigenvalue weighted by Crippen LogP contribution is -1.95. The van der Waals surface area contributed by atoms with E-state index in [1.54, 1.807) is 18.6 Å². The number of rotatable bonds is 1. The lowest BCUT2D eigenvalue weighted by molar-refractivity contribution is 1.17. The van der Waals surface area contributed by atoms with Gasteiger partial charge >= 0.3 is 0 Å². The molecule has 0 radical (unpaired) electrons. The average Bonchev–Trinajstić information content (AvgIpc) is 2.19. The van der Waals surface area contributed by atoms with Crippen LogP contribution >= 0.6 is 15.9 Å². The summed E-state index contributed by atoms with van der Waals surface area (Å²) >= 11 is 3.41. The molecule has 2 rings (SSSR count). The van der Waals surface area contributed by atoms with E-state index in [1.807, 2.05) is 6.07 Å². The summed E-state index contributed by atoms with van der Waals surface area (Å²) in [6.45, 7) is 0. The standard InChI is InChI=1S/C9H7BrN4/c10-7-1-2-14-9(11)8(7)6-3-12-5-13-4-6/h1-5H,(H2,11,14). The van der Waals surface area contributed by atoms with Gasteiger partial charge in [-0.25, -0.2) is 15.0 Å². The van der Waals surface area contributed by atoms with Crippen LogP contribution in [0.25, 0.3) is 11.1 Å². The molecule has 4 nitrogen and oxygen atoms in total. The van der Waals surface area contributed by atoms with Gasteiger partial charge in [0.05, 0.1) is 0 Å². The summed E-state index contributed by atoms with van der Waals surface area (Å²) in [6, 6.07) is 1.83. The van der Waals surface area contributed by atoms with Gasteiger partial charge in [-0.05, 0) is 22.0 Å². The molecule has 0 spiro atoms. The molecule has 2 aromatic rings. The van der Waals surface area contributed by atoms with E-state index in [1.165, 1.54) is 6.33 Å². The summed E-state index contributed by atoms with van der Waals surface area (Å²) in [4.78, 5) is 11.9. The monoisotopic (exact) mass is 250 g/mol. The molecule has 0 aromatic carbocycles. The summed E-state index contributed by atoms with van der Waals surface area (Å²) < 4.78 is 0.889. The van der Waals surface area contributed by atoms with Gasteiger partial charge < -0.3 is 5.73 Å². The number of hydrogen-bond acceptors (Lipinski definition) is 4. The van der Waals surface area contributed by atoms with E-state index in [9.17, 15) is 0 Å². The zero-order valence-corrected chi connectivity index (χ0v) is 8.77. The number of nitrogen functional groups attached to an aromatic ring is 1. The van der Waals surface area contributed by atoms with Crippen LogP contribution in [0.3, 0.4) is 0 Å². The summed E-state index contributed by atoms with van der Waals surface area (Å²) in [5.74, 6) is 0.467. The molecule has 0 amide bonds. The molecule has 0 atom stereocenters. The Morgan fingerprint density at radius 2 is 1.93 bits per heavy atom. The summed E-state index contributed by atoms with van der Waals surface area (Å²) in [7, 11) is 0. The molecule has 0 aliphatic carbocycles. The topological polar surface area (TPSA) is 64.7 Å². The maximum Gasteiger partial charge on any atom is 0.132 e. The van der Waals surface area contributed by atoms with Gasteiger partial charge in [0.25, 0.3) is 0 Å². The fourth-order valence-electron chi connectivity index (χ4n) is 1.17. The predicted molar refractivity (Wildman–Crippen MR) is 57.4 cm³/mol. The van der Waals surface area contributed by atoms with Crippen LogP contribution in [-0.4, -0.2) is 15.0 Å². The Labute approximate surface area is 89.4 Å². The van der Waals surface area contributed by atoms with Crippen LogP contribution in [0.4, 0.5) is 5.82 Å². The molecule has 0 aliphatic rings. The van der Waals surface area contributed by atoms with Crippen LogP contribution in [0.5, 0.6) is 0 Å². The van der Waals surface area contributed by atoms with Crippen LogP contribution in [-0.2, 0) is 0 Å². The highest BCUT2D eigenvalue weighted by molar-refractivity contribution is 9.10. The second-order valence-electron chi connectivity index (χ2n) is 2.68. The van der Waals surface area contributed by atoms with Crippen molar-refractivity contribution in [3.63, 3.8) is 0 Å². The number of nitrogens with two attached hydrogens (primary N) is 1. The largest absolute Gasteiger partial charge is 0.383 e. The molecule has 0 bridgehead atoms. The Balaban J connectivity index is 2.63. The Kier molecular flexibility index (Phi) is 2.41. The number of nitrogens with zero attached hydrogens (tertiary/aromatic N) is 3. The summed E-state index contributed by atoms with van der Waals surface area (Å²) in [5.41, 5.74) is 7.44. The summed E-state index contributed by atoms with van der Waals surface area (Å²) in [5, 5.41) is 0. The van der Waals surface area contributed by atoms with E-state index in [-0.39, 0.29) is 0 Å². The van der Waals surface area contributed by atoms with Crippen molar-refractivity contribution in [2.75, 3.05) is 5.73 Å². The quantitative estimate of drug-likeness (QED) is 0.840. The molecule has 2 N–H and O–H groups in total. The highest BCUT2D eigenvalue weighted by Gasteiger charge is 2.07. The molecule has 70 valence electrons. The van der Waals surface area contributed by atoms with Gasteiger partial charge in [-0.15, -0.1) is 0 Å². The second-order valence-corrected chi connectivity index (χ2v) is 3.53. The number of halogens is 1. The number of hydrogen-bond donors (Lipinski definition) is 1. The van der Waals surface area contributed by atoms with E-state index in [2.05, 4.69) is 30.9 Å². The van der Waals surface area contributed by atoms with Crippen molar-refractivity contribution in [1.82, 2.24) is 15.0 Å². The van der Waals surface area contributed by atoms with Crippen molar-refractivity contribution >= 4 is 21.7 Å². The van der Waals surface area contributed by atoms with E-state index in [0.717, 1.165) is 15.6 Å². The van der Waals surface area contributed by atoms with Gasteiger partial charge in [-0.2, -0.15) is 0 Å². The van der Waals surface area contributed by atoms with Crippen molar-refractivity contribution in [2.45, 2.75) is 0 Å². The Hall–Kier alpha value is -1.49. The molecule has 5 heteroatoms. The van der Waals surface area contributed by atoms with Crippen molar-refractivity contribution in [3.05, 3.63) is 35.5 Å². The van der Waals surface area contributed by atoms with Crippen LogP contribution in [0.1, 0.15) is 0 Å². The van der Waals surface area contributed by atoms with Gasteiger partial charge in [0, 0.05) is 34.2 Å². The first-order valence-electron chi connectivity index (χ1n) is 3.94. The molecule has 0 unspecified atom stereocenters. The number of anilines is 1. The first kappa shape index (κ1) is 9.08. The first-order valence-corrected chi connectivity index (χ1v) is 4.73. The Morgan fingerprint density at radius 1 is 1.21 bits per heavy atom. The van der Waals surface area contributed by atoms with Gasteiger partial charge in [0.15, 0.2) is 0 Å². The fraction of sp³-hybridized carbons (Fsp3) is 0. The second kappa shape index (κ2) is 3.71. The Morgan fingerprint density at radius 3 is 2.57 bits per heavy atom. The highest BCUT2D eigenvalue weighted by atomic mass is 79.9. The third-order valence-electron chi connectivity index (χ3n) is 1.78. The van der Waals surface area contributed by atoms with Gasteiger partial charge in [-0.3, -0.25) is 0 Å². The molecule has 0 saturated heterocycles. The normalized spacial score (nSPS) is 10.1. The van der Waals surface area contributed by atoms with Gasteiger partial charge in [0.1, 0.15) is 12.1 Å². The van der Waals surface area contributed by atoms with Gasteiger partial charge in [0.2, 0.25) is 0 Å². The van der Waals surface area contributed by atoms with Crippen LogP contribution in [0.2, 0.25) is 0 Å². The maximum absolute atomic E-state index is 5.76. The third kappa shape index (κ3) is 1.58. The minimum Gasteiger partial charge on any atom is -0.383 e. The Bertz CT molecular complexity index is 424. The number of aromatic nitrogens is 3. The number of pyridine rings is 1. The first-order chi connectivity index (χ1) is 6.79. The van der Waals surface area contributed by atoms with E-state index < -0.39 is 0 Å². The van der Waals surface area contributed by atoms with E-state index in [0.29, 0.717) is 5.82 Å². The van der Waals surface area contributed by atoms with E-state index >= 15 is 0 Å². The molecular weight excluding hydrogens is 244 g/mol. The molecule has 0 aliphatic heterocycles. The minimum absolute atomic E-state index is 0.467. The van der Waals surface area contributed by atoms with Crippen LogP contribution in [0, 0.1) is 0 Å². The van der Waals surface area contributed by atoms with Crippen molar-refractivity contribution in [2.24, 2.45) is 0 Å². The smallest absolute Gasteiger partial charge is 0.132 e. The SMILES string of the molecule is Nc1nccc(Br)c1-c1cncnc1. The molecule has 0 saturated carbocycles. The van der Waals surface area contributed by atoms with Crippen LogP contribution < -0.4 is 5.73 Å². The molecule has 2 aromatic heterocycles. The third-order valence-corrected chi connectivity index (χ3v) is 2.44. The molecule has 2 heterocycles. The molecular formula is C9H7BrN4. The molecule has 14 heavy (non-hydrogen) atoms. The average molecular weight is 251 g/mol. The lowest BCUT2D eigenvalue weighted by atomic mass is 10.1. The minimum atomic E-state index is 0.467. The zero-order valence-electron chi connectivity index (χ0n) is 7.18. The van der Waals surface area contributed by atoms with Crippen LogP contribution in [0.15, 0.2) is 35.5 Å².